The minimum Gasteiger partial charge on any atom is -0.353 e. The van der Waals surface area contributed by atoms with Gasteiger partial charge < -0.3 is 9.88 Å². The zero-order valence-electron chi connectivity index (χ0n) is 15.4. The van der Waals surface area contributed by atoms with Gasteiger partial charge in [0.1, 0.15) is 0 Å². The van der Waals surface area contributed by atoms with Crippen LogP contribution in [-0.2, 0) is 11.3 Å². The lowest BCUT2D eigenvalue weighted by molar-refractivity contribution is -0.119. The Bertz CT molecular complexity index is 695. The average molecular weight is 374 g/mol. The fraction of sp³-hybridized carbons (Fsp3) is 0.579. The highest BCUT2D eigenvalue weighted by atomic mass is 32.2. The summed E-state index contributed by atoms with van der Waals surface area (Å²) >= 11 is 1.47. The standard InChI is InChI=1S/C19H27N5OS/c1-2-13-24-18(15-9-11-20-12-10-15)22-23-19(24)26-14-17(25)21-16-7-5-3-4-6-8-16/h9-12,16H,2-8,13-14H2,1H3,(H,21,25). The van der Waals surface area contributed by atoms with E-state index >= 15 is 0 Å². The van der Waals surface area contributed by atoms with Crippen molar-refractivity contribution in [1.29, 1.82) is 0 Å². The molecular weight excluding hydrogens is 346 g/mol. The first-order valence-electron chi connectivity index (χ1n) is 9.53. The maximum Gasteiger partial charge on any atom is 0.230 e. The molecule has 1 amide bonds. The van der Waals surface area contributed by atoms with Crippen molar-refractivity contribution in [2.24, 2.45) is 0 Å². The molecule has 0 saturated heterocycles. The van der Waals surface area contributed by atoms with Crippen LogP contribution in [0.25, 0.3) is 11.4 Å². The maximum atomic E-state index is 12.3. The molecule has 1 fully saturated rings. The zero-order chi connectivity index (χ0) is 18.2. The molecule has 1 saturated carbocycles. The third kappa shape index (κ3) is 5.06. The maximum absolute atomic E-state index is 12.3. The molecule has 0 unspecified atom stereocenters. The van der Waals surface area contributed by atoms with Crippen LogP contribution >= 0.6 is 11.8 Å². The summed E-state index contributed by atoms with van der Waals surface area (Å²) in [4.78, 5) is 16.4. The normalized spacial score (nSPS) is 15.6. The number of thioether (sulfide) groups is 1. The third-order valence-corrected chi connectivity index (χ3v) is 5.62. The van der Waals surface area contributed by atoms with Crippen LogP contribution in [0.15, 0.2) is 29.7 Å². The van der Waals surface area contributed by atoms with Gasteiger partial charge in [-0.15, -0.1) is 10.2 Å². The van der Waals surface area contributed by atoms with E-state index in [0.29, 0.717) is 11.8 Å². The molecule has 0 atom stereocenters. The molecule has 0 aliphatic heterocycles. The summed E-state index contributed by atoms with van der Waals surface area (Å²) in [5.41, 5.74) is 0.996. The van der Waals surface area contributed by atoms with Gasteiger partial charge in [-0.1, -0.05) is 44.4 Å². The van der Waals surface area contributed by atoms with E-state index in [-0.39, 0.29) is 5.91 Å². The highest BCUT2D eigenvalue weighted by Crippen LogP contribution is 2.24. The van der Waals surface area contributed by atoms with Crippen molar-refractivity contribution >= 4 is 17.7 Å². The first-order valence-corrected chi connectivity index (χ1v) is 10.5. The molecule has 0 bridgehead atoms. The summed E-state index contributed by atoms with van der Waals surface area (Å²) in [5.74, 6) is 1.31. The SMILES string of the molecule is CCCn1c(SCC(=O)NC2CCCCCC2)nnc1-c1ccncc1. The molecule has 1 N–H and O–H groups in total. The molecule has 0 radical (unpaired) electrons. The summed E-state index contributed by atoms with van der Waals surface area (Å²) in [6.45, 7) is 2.96. The zero-order valence-corrected chi connectivity index (χ0v) is 16.2. The second kappa shape index (κ2) is 9.71. The molecule has 140 valence electrons. The Balaban J connectivity index is 1.62. The second-order valence-corrected chi connectivity index (χ2v) is 7.68. The molecule has 0 aromatic carbocycles. The predicted octanol–water partition coefficient (Wildman–Crippen LogP) is 3.68. The Morgan fingerprint density at radius 3 is 2.62 bits per heavy atom. The fourth-order valence-electron chi connectivity index (χ4n) is 3.36. The van der Waals surface area contributed by atoms with Crippen molar-refractivity contribution in [3.05, 3.63) is 24.5 Å². The summed E-state index contributed by atoms with van der Waals surface area (Å²) in [7, 11) is 0. The number of amides is 1. The topological polar surface area (TPSA) is 72.7 Å². The van der Waals surface area contributed by atoms with Crippen molar-refractivity contribution in [3.63, 3.8) is 0 Å². The van der Waals surface area contributed by atoms with E-state index in [1.807, 2.05) is 12.1 Å². The molecular formula is C19H27N5OS. The summed E-state index contributed by atoms with van der Waals surface area (Å²) in [5, 5.41) is 12.7. The molecule has 2 heterocycles. The van der Waals surface area contributed by atoms with Crippen molar-refractivity contribution < 1.29 is 4.79 Å². The largest absolute Gasteiger partial charge is 0.353 e. The quantitative estimate of drug-likeness (QED) is 0.592. The number of nitrogens with zero attached hydrogens (tertiary/aromatic N) is 4. The molecule has 1 aliphatic carbocycles. The van der Waals surface area contributed by atoms with Crippen LogP contribution < -0.4 is 5.32 Å². The van der Waals surface area contributed by atoms with Crippen molar-refractivity contribution in [2.75, 3.05) is 5.75 Å². The predicted molar refractivity (Wildman–Crippen MR) is 104 cm³/mol. The lowest BCUT2D eigenvalue weighted by Gasteiger charge is -2.16. The van der Waals surface area contributed by atoms with Crippen LogP contribution in [0.2, 0.25) is 0 Å². The number of rotatable bonds is 7. The molecule has 0 spiro atoms. The molecule has 6 nitrogen and oxygen atoms in total. The number of carbonyl (C=O) groups excluding carboxylic acids is 1. The molecule has 7 heteroatoms. The molecule has 2 aromatic heterocycles. The third-order valence-electron chi connectivity index (χ3n) is 4.66. The van der Waals surface area contributed by atoms with E-state index in [2.05, 4.69) is 32.0 Å². The number of aromatic nitrogens is 4. The number of nitrogens with one attached hydrogen (secondary N) is 1. The van der Waals surface area contributed by atoms with Gasteiger partial charge >= 0.3 is 0 Å². The second-order valence-electron chi connectivity index (χ2n) is 6.74. The van der Waals surface area contributed by atoms with Gasteiger partial charge in [-0.3, -0.25) is 9.78 Å². The van der Waals surface area contributed by atoms with E-state index < -0.39 is 0 Å². The smallest absolute Gasteiger partial charge is 0.230 e. The van der Waals surface area contributed by atoms with Gasteiger partial charge in [0.25, 0.3) is 0 Å². The van der Waals surface area contributed by atoms with Crippen molar-refractivity contribution in [2.45, 2.75) is 69.6 Å². The minimum absolute atomic E-state index is 0.0957. The molecule has 3 rings (SSSR count). The van der Waals surface area contributed by atoms with Gasteiger partial charge in [0.2, 0.25) is 5.91 Å². The van der Waals surface area contributed by atoms with Crippen molar-refractivity contribution in [1.82, 2.24) is 25.1 Å². The first-order chi connectivity index (χ1) is 12.8. The number of carbonyl (C=O) groups is 1. The van der Waals surface area contributed by atoms with E-state index in [0.717, 1.165) is 42.4 Å². The van der Waals surface area contributed by atoms with Crippen LogP contribution in [0, 0.1) is 0 Å². The Labute approximate surface area is 159 Å². The Kier molecular flexibility index (Phi) is 7.05. The van der Waals surface area contributed by atoms with Gasteiger partial charge in [-0.05, 0) is 31.4 Å². The van der Waals surface area contributed by atoms with Crippen LogP contribution in [0.1, 0.15) is 51.9 Å². The average Bonchev–Trinajstić information content (AvgIpc) is 2.88. The highest BCUT2D eigenvalue weighted by Gasteiger charge is 2.17. The van der Waals surface area contributed by atoms with Gasteiger partial charge in [0, 0.05) is 30.5 Å². The summed E-state index contributed by atoms with van der Waals surface area (Å²) in [6, 6.07) is 4.21. The van der Waals surface area contributed by atoms with Crippen LogP contribution in [0.5, 0.6) is 0 Å². The lowest BCUT2D eigenvalue weighted by Crippen LogP contribution is -2.35. The van der Waals surface area contributed by atoms with Crippen LogP contribution in [0.3, 0.4) is 0 Å². The molecule has 2 aromatic rings. The summed E-state index contributed by atoms with van der Waals surface area (Å²) in [6.07, 6.45) is 11.7. The van der Waals surface area contributed by atoms with Crippen LogP contribution in [0.4, 0.5) is 0 Å². The van der Waals surface area contributed by atoms with Crippen molar-refractivity contribution in [3.8, 4) is 11.4 Å². The highest BCUT2D eigenvalue weighted by molar-refractivity contribution is 7.99. The van der Waals surface area contributed by atoms with E-state index in [4.69, 9.17) is 0 Å². The van der Waals surface area contributed by atoms with Gasteiger partial charge in [0.15, 0.2) is 11.0 Å². The number of pyridine rings is 1. The van der Waals surface area contributed by atoms with Gasteiger partial charge in [0.05, 0.1) is 5.75 Å². The minimum atomic E-state index is 0.0957. The molecule has 26 heavy (non-hydrogen) atoms. The van der Waals surface area contributed by atoms with E-state index in [1.54, 1.807) is 12.4 Å². The van der Waals surface area contributed by atoms with Gasteiger partial charge in [-0.2, -0.15) is 0 Å². The Morgan fingerprint density at radius 2 is 1.92 bits per heavy atom. The van der Waals surface area contributed by atoms with Crippen LogP contribution in [-0.4, -0.2) is 37.5 Å². The first kappa shape index (κ1) is 18.9. The monoisotopic (exact) mass is 373 g/mol. The Hall–Kier alpha value is -1.89. The molecule has 1 aliphatic rings. The Morgan fingerprint density at radius 1 is 1.19 bits per heavy atom. The number of hydrogen-bond donors (Lipinski definition) is 1. The van der Waals surface area contributed by atoms with E-state index in [1.165, 1.54) is 37.4 Å². The van der Waals surface area contributed by atoms with E-state index in [9.17, 15) is 4.79 Å². The lowest BCUT2D eigenvalue weighted by atomic mass is 10.1. The number of hydrogen-bond acceptors (Lipinski definition) is 5. The van der Waals surface area contributed by atoms with Gasteiger partial charge in [-0.25, -0.2) is 0 Å². The summed E-state index contributed by atoms with van der Waals surface area (Å²) < 4.78 is 2.10. The fourth-order valence-corrected chi connectivity index (χ4v) is 4.13.